The maximum absolute atomic E-state index is 5.87. The van der Waals surface area contributed by atoms with E-state index < -0.39 is 0 Å². The summed E-state index contributed by atoms with van der Waals surface area (Å²) < 4.78 is 13.8. The summed E-state index contributed by atoms with van der Waals surface area (Å²) in [5.41, 5.74) is 8.45. The Balaban J connectivity index is 1.78. The largest absolute Gasteiger partial charge is 0.496 e. The van der Waals surface area contributed by atoms with Gasteiger partial charge in [0.2, 0.25) is 5.95 Å². The highest BCUT2D eigenvalue weighted by Crippen LogP contribution is 2.23. The number of halogens is 1. The second-order valence-corrected chi connectivity index (χ2v) is 6.56. The number of ether oxygens (including phenoxy) is 2. The second kappa shape index (κ2) is 8.05. The van der Waals surface area contributed by atoms with Crippen molar-refractivity contribution in [3.05, 3.63) is 70.0 Å². The number of hydrogen-bond donors (Lipinski definition) is 1. The number of aromatic nitrogens is 2. The summed E-state index contributed by atoms with van der Waals surface area (Å²) in [6.45, 7) is 2.25. The van der Waals surface area contributed by atoms with E-state index in [0.29, 0.717) is 12.6 Å². The number of anilines is 1. The lowest BCUT2D eigenvalue weighted by molar-refractivity contribution is 0.296. The topological polar surface area (TPSA) is 74.7 Å². The molecular weight excluding hydrogens is 396 g/mol. The van der Waals surface area contributed by atoms with Crippen LogP contribution in [-0.2, 0) is 6.61 Å². The molecule has 2 N–H and O–H groups in total. The molecule has 6 nitrogen and oxygen atoms in total. The van der Waals surface area contributed by atoms with Crippen LogP contribution in [0.1, 0.15) is 16.8 Å². The van der Waals surface area contributed by atoms with E-state index in [1.54, 1.807) is 19.5 Å². The Morgan fingerprint density at radius 1 is 1.27 bits per heavy atom. The van der Waals surface area contributed by atoms with Crippen LogP contribution < -0.4 is 15.2 Å². The van der Waals surface area contributed by atoms with Gasteiger partial charge in [-0.15, -0.1) is 0 Å². The molecule has 3 rings (SSSR count). The number of nitrogens with two attached hydrogens (primary N) is 1. The Morgan fingerprint density at radius 2 is 2.12 bits per heavy atom. The molecule has 0 bridgehead atoms. The molecule has 2 aromatic carbocycles. The van der Waals surface area contributed by atoms with Gasteiger partial charge >= 0.3 is 0 Å². The lowest BCUT2D eigenvalue weighted by Gasteiger charge is -2.11. The van der Waals surface area contributed by atoms with Crippen molar-refractivity contribution in [3.8, 4) is 11.5 Å². The molecule has 0 saturated heterocycles. The van der Waals surface area contributed by atoms with Crippen molar-refractivity contribution in [1.82, 2.24) is 9.66 Å². The minimum absolute atomic E-state index is 0.352. The molecule has 3 aromatic rings. The third-order valence-corrected chi connectivity index (χ3v) is 4.15. The Labute approximate surface area is 160 Å². The van der Waals surface area contributed by atoms with Gasteiger partial charge in [-0.25, -0.2) is 9.66 Å². The molecule has 0 aliphatic heterocycles. The highest BCUT2D eigenvalue weighted by atomic mass is 79.9. The van der Waals surface area contributed by atoms with Gasteiger partial charge < -0.3 is 15.2 Å². The highest BCUT2D eigenvalue weighted by molar-refractivity contribution is 9.10. The molecule has 1 heterocycles. The summed E-state index contributed by atoms with van der Waals surface area (Å²) in [7, 11) is 1.64. The monoisotopic (exact) mass is 414 g/mol. The minimum atomic E-state index is 0.352. The van der Waals surface area contributed by atoms with E-state index in [-0.39, 0.29) is 0 Å². The average Bonchev–Trinajstić information content (AvgIpc) is 2.95. The van der Waals surface area contributed by atoms with E-state index in [2.05, 4.69) is 26.0 Å². The van der Waals surface area contributed by atoms with Gasteiger partial charge in [-0.1, -0.05) is 22.0 Å². The van der Waals surface area contributed by atoms with Crippen molar-refractivity contribution in [2.45, 2.75) is 13.5 Å². The van der Waals surface area contributed by atoms with Crippen molar-refractivity contribution < 1.29 is 9.47 Å². The summed E-state index contributed by atoms with van der Waals surface area (Å²) in [6.07, 6.45) is 3.49. The van der Waals surface area contributed by atoms with Crippen LogP contribution in [-0.4, -0.2) is 23.0 Å². The van der Waals surface area contributed by atoms with Gasteiger partial charge in [0.05, 0.1) is 25.2 Å². The lowest BCUT2D eigenvalue weighted by Crippen LogP contribution is -2.01. The fourth-order valence-electron chi connectivity index (χ4n) is 2.43. The molecule has 0 radical (unpaired) electrons. The summed E-state index contributed by atoms with van der Waals surface area (Å²) in [5.74, 6) is 1.89. The molecular formula is C19H19BrN4O2. The summed E-state index contributed by atoms with van der Waals surface area (Å²) >= 11 is 3.44. The van der Waals surface area contributed by atoms with Gasteiger partial charge in [0, 0.05) is 10.0 Å². The Hall–Kier alpha value is -2.80. The van der Waals surface area contributed by atoms with Gasteiger partial charge in [-0.05, 0) is 48.9 Å². The fourth-order valence-corrected chi connectivity index (χ4v) is 2.81. The maximum Gasteiger partial charge on any atom is 0.221 e. The first-order valence-corrected chi connectivity index (χ1v) is 8.75. The molecule has 0 aliphatic rings. The average molecular weight is 415 g/mol. The number of nitrogens with zero attached hydrogens (tertiary/aromatic N) is 3. The molecule has 134 valence electrons. The summed E-state index contributed by atoms with van der Waals surface area (Å²) in [5, 5.41) is 4.34. The van der Waals surface area contributed by atoms with Gasteiger partial charge in [0.25, 0.3) is 0 Å². The Morgan fingerprint density at radius 3 is 2.81 bits per heavy atom. The van der Waals surface area contributed by atoms with Crippen LogP contribution in [0.3, 0.4) is 0 Å². The van der Waals surface area contributed by atoms with E-state index in [0.717, 1.165) is 32.8 Å². The second-order valence-electron chi connectivity index (χ2n) is 5.65. The molecule has 26 heavy (non-hydrogen) atoms. The Bertz CT molecular complexity index is 937. The molecule has 0 fully saturated rings. The molecule has 0 saturated carbocycles. The molecule has 0 spiro atoms. The van der Waals surface area contributed by atoms with Crippen molar-refractivity contribution >= 4 is 28.1 Å². The van der Waals surface area contributed by atoms with Crippen molar-refractivity contribution in [3.63, 3.8) is 0 Å². The number of imidazole rings is 1. The number of rotatable bonds is 6. The molecule has 0 aliphatic carbocycles. The first-order chi connectivity index (χ1) is 12.5. The SMILES string of the molecule is COc1ccc(C=Nn2cc(C)nc2N)cc1COc1cccc(Br)c1. The third kappa shape index (κ3) is 4.43. The summed E-state index contributed by atoms with van der Waals surface area (Å²) in [4.78, 5) is 4.12. The van der Waals surface area contributed by atoms with Crippen LogP contribution in [0.4, 0.5) is 5.95 Å². The van der Waals surface area contributed by atoms with E-state index in [9.17, 15) is 0 Å². The van der Waals surface area contributed by atoms with Crippen LogP contribution in [0.5, 0.6) is 11.5 Å². The zero-order valence-electron chi connectivity index (χ0n) is 14.5. The standard InChI is InChI=1S/C19H19BrN4O2/c1-13-11-24(19(21)23-13)22-10-14-6-7-18(25-2)15(8-14)12-26-17-5-3-4-16(20)9-17/h3-11H,12H2,1-2H3,(H2,21,23). The third-order valence-electron chi connectivity index (χ3n) is 3.66. The normalized spacial score (nSPS) is 11.0. The van der Waals surface area contributed by atoms with E-state index in [1.807, 2.05) is 49.4 Å². The van der Waals surface area contributed by atoms with Crippen molar-refractivity contribution in [1.29, 1.82) is 0 Å². The molecule has 0 unspecified atom stereocenters. The smallest absolute Gasteiger partial charge is 0.221 e. The van der Waals surface area contributed by atoms with Crippen molar-refractivity contribution in [2.75, 3.05) is 12.8 Å². The number of benzene rings is 2. The van der Waals surface area contributed by atoms with Gasteiger partial charge in [0.15, 0.2) is 0 Å². The minimum Gasteiger partial charge on any atom is -0.496 e. The predicted molar refractivity (Wildman–Crippen MR) is 106 cm³/mol. The lowest BCUT2D eigenvalue weighted by atomic mass is 10.1. The van der Waals surface area contributed by atoms with Crippen LogP contribution >= 0.6 is 15.9 Å². The van der Waals surface area contributed by atoms with Gasteiger partial charge in [0.1, 0.15) is 18.1 Å². The number of nitrogen functional groups attached to an aromatic ring is 1. The number of aryl methyl sites for hydroxylation is 1. The fraction of sp³-hybridized carbons (Fsp3) is 0.158. The summed E-state index contributed by atoms with van der Waals surface area (Å²) in [6, 6.07) is 13.5. The molecule has 0 atom stereocenters. The molecule has 1 aromatic heterocycles. The van der Waals surface area contributed by atoms with Gasteiger partial charge in [-0.3, -0.25) is 0 Å². The van der Waals surface area contributed by atoms with Crippen LogP contribution in [0.25, 0.3) is 0 Å². The molecule has 0 amide bonds. The Kier molecular flexibility index (Phi) is 5.58. The van der Waals surface area contributed by atoms with E-state index in [1.165, 1.54) is 4.68 Å². The number of methoxy groups -OCH3 is 1. The highest BCUT2D eigenvalue weighted by Gasteiger charge is 2.06. The maximum atomic E-state index is 5.87. The first-order valence-electron chi connectivity index (χ1n) is 7.96. The molecule has 7 heteroatoms. The first kappa shape index (κ1) is 18.0. The van der Waals surface area contributed by atoms with Crippen LogP contribution in [0.15, 0.2) is 58.2 Å². The van der Waals surface area contributed by atoms with Crippen LogP contribution in [0.2, 0.25) is 0 Å². The van der Waals surface area contributed by atoms with E-state index in [4.69, 9.17) is 15.2 Å². The zero-order chi connectivity index (χ0) is 18.5. The zero-order valence-corrected chi connectivity index (χ0v) is 16.1. The van der Waals surface area contributed by atoms with E-state index >= 15 is 0 Å². The van der Waals surface area contributed by atoms with Crippen molar-refractivity contribution in [2.24, 2.45) is 5.10 Å². The predicted octanol–water partition coefficient (Wildman–Crippen LogP) is 4.01. The quantitative estimate of drug-likeness (QED) is 0.618. The van der Waals surface area contributed by atoms with Crippen LogP contribution in [0, 0.1) is 6.92 Å². The number of hydrogen-bond acceptors (Lipinski definition) is 5. The van der Waals surface area contributed by atoms with Gasteiger partial charge in [-0.2, -0.15) is 5.10 Å².